The van der Waals surface area contributed by atoms with E-state index in [0.717, 1.165) is 37.2 Å². The van der Waals surface area contributed by atoms with Gasteiger partial charge in [0.25, 0.3) is 0 Å². The molecule has 1 aromatic rings. The van der Waals surface area contributed by atoms with E-state index in [9.17, 15) is 0 Å². The van der Waals surface area contributed by atoms with Crippen molar-refractivity contribution in [1.29, 1.82) is 0 Å². The molecule has 0 unspecified atom stereocenters. The van der Waals surface area contributed by atoms with E-state index in [2.05, 4.69) is 37.1 Å². The molecule has 0 atom stereocenters. The third-order valence-corrected chi connectivity index (χ3v) is 4.28. The molecular weight excluding hydrogens is 260 g/mol. The SMILES string of the molecule is Cc1cc(C)c(CNCC(C)C)c(OCCC2CCC2)n1. The molecule has 3 heteroatoms. The molecule has 2 rings (SSSR count). The third kappa shape index (κ3) is 4.99. The van der Waals surface area contributed by atoms with Gasteiger partial charge in [0.15, 0.2) is 0 Å². The molecule has 3 nitrogen and oxygen atoms in total. The molecule has 0 spiro atoms. The summed E-state index contributed by atoms with van der Waals surface area (Å²) in [6.45, 7) is 11.3. The van der Waals surface area contributed by atoms with Crippen LogP contribution in [0.5, 0.6) is 5.88 Å². The lowest BCUT2D eigenvalue weighted by molar-refractivity contribution is 0.215. The molecule has 0 saturated heterocycles. The van der Waals surface area contributed by atoms with Crippen LogP contribution in [0.15, 0.2) is 6.07 Å². The lowest BCUT2D eigenvalue weighted by Crippen LogP contribution is -2.21. The van der Waals surface area contributed by atoms with Crippen LogP contribution in [0, 0.1) is 25.7 Å². The fourth-order valence-electron chi connectivity index (χ4n) is 2.75. The molecule has 0 aromatic carbocycles. The van der Waals surface area contributed by atoms with Crippen LogP contribution in [-0.2, 0) is 6.54 Å². The number of hydrogen-bond acceptors (Lipinski definition) is 3. The van der Waals surface area contributed by atoms with Crippen molar-refractivity contribution in [2.75, 3.05) is 13.2 Å². The zero-order valence-corrected chi connectivity index (χ0v) is 14.0. The van der Waals surface area contributed by atoms with Gasteiger partial charge in [0.1, 0.15) is 0 Å². The molecule has 1 saturated carbocycles. The van der Waals surface area contributed by atoms with E-state index >= 15 is 0 Å². The van der Waals surface area contributed by atoms with E-state index in [1.54, 1.807) is 0 Å². The molecule has 0 radical (unpaired) electrons. The first kappa shape index (κ1) is 16.3. The minimum absolute atomic E-state index is 0.659. The summed E-state index contributed by atoms with van der Waals surface area (Å²) in [6.07, 6.45) is 5.34. The topological polar surface area (TPSA) is 34.1 Å². The van der Waals surface area contributed by atoms with Gasteiger partial charge in [0.05, 0.1) is 6.61 Å². The summed E-state index contributed by atoms with van der Waals surface area (Å²) < 4.78 is 6.01. The first-order chi connectivity index (χ1) is 10.1. The van der Waals surface area contributed by atoms with Crippen LogP contribution >= 0.6 is 0 Å². The second-order valence-electron chi connectivity index (χ2n) is 6.82. The molecule has 0 aliphatic heterocycles. The highest BCUT2D eigenvalue weighted by atomic mass is 16.5. The van der Waals surface area contributed by atoms with Crippen molar-refractivity contribution in [1.82, 2.24) is 10.3 Å². The Balaban J connectivity index is 1.95. The number of aromatic nitrogens is 1. The van der Waals surface area contributed by atoms with Gasteiger partial charge in [-0.1, -0.05) is 33.1 Å². The summed E-state index contributed by atoms with van der Waals surface area (Å²) in [6, 6.07) is 2.14. The fourth-order valence-corrected chi connectivity index (χ4v) is 2.75. The van der Waals surface area contributed by atoms with Crippen molar-refractivity contribution in [2.24, 2.45) is 11.8 Å². The Bertz CT molecular complexity index is 453. The van der Waals surface area contributed by atoms with Crippen LogP contribution in [0.1, 0.15) is 56.4 Å². The van der Waals surface area contributed by atoms with Crippen LogP contribution in [-0.4, -0.2) is 18.1 Å². The van der Waals surface area contributed by atoms with Crippen molar-refractivity contribution in [3.05, 3.63) is 22.9 Å². The van der Waals surface area contributed by atoms with E-state index in [0.29, 0.717) is 5.92 Å². The largest absolute Gasteiger partial charge is 0.477 e. The molecule has 0 bridgehead atoms. The van der Waals surface area contributed by atoms with Crippen LogP contribution in [0.4, 0.5) is 0 Å². The van der Waals surface area contributed by atoms with Gasteiger partial charge in [0, 0.05) is 17.8 Å². The lowest BCUT2D eigenvalue weighted by Gasteiger charge is -2.25. The molecule has 1 fully saturated rings. The van der Waals surface area contributed by atoms with Crippen LogP contribution in [0.3, 0.4) is 0 Å². The first-order valence-corrected chi connectivity index (χ1v) is 8.37. The van der Waals surface area contributed by atoms with Gasteiger partial charge in [-0.2, -0.15) is 0 Å². The number of nitrogens with one attached hydrogen (secondary N) is 1. The second-order valence-corrected chi connectivity index (χ2v) is 6.82. The number of hydrogen-bond donors (Lipinski definition) is 1. The van der Waals surface area contributed by atoms with Gasteiger partial charge in [-0.15, -0.1) is 0 Å². The number of pyridine rings is 1. The Morgan fingerprint density at radius 2 is 2.10 bits per heavy atom. The Kier molecular flexibility index (Phi) is 6.04. The van der Waals surface area contributed by atoms with Crippen molar-refractivity contribution in [3.8, 4) is 5.88 Å². The van der Waals surface area contributed by atoms with Crippen molar-refractivity contribution >= 4 is 0 Å². The molecule has 1 heterocycles. The Morgan fingerprint density at radius 1 is 1.33 bits per heavy atom. The zero-order valence-electron chi connectivity index (χ0n) is 14.0. The summed E-state index contributed by atoms with van der Waals surface area (Å²) in [5.74, 6) is 2.38. The van der Waals surface area contributed by atoms with E-state index in [4.69, 9.17) is 4.74 Å². The molecule has 1 aromatic heterocycles. The van der Waals surface area contributed by atoms with E-state index in [1.807, 2.05) is 6.92 Å². The van der Waals surface area contributed by atoms with E-state index in [1.165, 1.54) is 36.8 Å². The molecule has 21 heavy (non-hydrogen) atoms. The Labute approximate surface area is 129 Å². The maximum Gasteiger partial charge on any atom is 0.218 e. The smallest absolute Gasteiger partial charge is 0.218 e. The molecule has 1 aliphatic rings. The summed E-state index contributed by atoms with van der Waals surface area (Å²) in [7, 11) is 0. The van der Waals surface area contributed by atoms with Gasteiger partial charge in [-0.25, -0.2) is 4.98 Å². The molecule has 0 amide bonds. The van der Waals surface area contributed by atoms with Gasteiger partial charge in [-0.3, -0.25) is 0 Å². The highest BCUT2D eigenvalue weighted by Crippen LogP contribution is 2.29. The van der Waals surface area contributed by atoms with Gasteiger partial charge >= 0.3 is 0 Å². The molecule has 1 N–H and O–H groups in total. The zero-order chi connectivity index (χ0) is 15.2. The number of aryl methyl sites for hydroxylation is 2. The molecule has 118 valence electrons. The normalized spacial score (nSPS) is 15.3. The third-order valence-electron chi connectivity index (χ3n) is 4.28. The summed E-state index contributed by atoms with van der Waals surface area (Å²) in [4.78, 5) is 4.61. The van der Waals surface area contributed by atoms with E-state index in [-0.39, 0.29) is 0 Å². The average Bonchev–Trinajstić information content (AvgIpc) is 2.34. The molecule has 1 aliphatic carbocycles. The average molecular weight is 290 g/mol. The van der Waals surface area contributed by atoms with Gasteiger partial charge < -0.3 is 10.1 Å². The Hall–Kier alpha value is -1.09. The lowest BCUT2D eigenvalue weighted by atomic mass is 9.83. The highest BCUT2D eigenvalue weighted by molar-refractivity contribution is 5.35. The highest BCUT2D eigenvalue weighted by Gasteiger charge is 2.18. The van der Waals surface area contributed by atoms with Crippen molar-refractivity contribution in [3.63, 3.8) is 0 Å². The van der Waals surface area contributed by atoms with Crippen LogP contribution in [0.2, 0.25) is 0 Å². The first-order valence-electron chi connectivity index (χ1n) is 8.37. The summed E-state index contributed by atoms with van der Waals surface area (Å²) in [5, 5.41) is 3.50. The predicted octanol–water partition coefficient (Wildman–Crippen LogP) is 4.01. The number of nitrogens with zero attached hydrogens (tertiary/aromatic N) is 1. The summed E-state index contributed by atoms with van der Waals surface area (Å²) >= 11 is 0. The maximum absolute atomic E-state index is 6.01. The monoisotopic (exact) mass is 290 g/mol. The van der Waals surface area contributed by atoms with Gasteiger partial charge in [0.2, 0.25) is 5.88 Å². The van der Waals surface area contributed by atoms with Crippen LogP contribution in [0.25, 0.3) is 0 Å². The number of rotatable bonds is 8. The Morgan fingerprint density at radius 3 is 2.71 bits per heavy atom. The number of ether oxygens (including phenoxy) is 1. The predicted molar refractivity (Wildman–Crippen MR) is 87.7 cm³/mol. The quantitative estimate of drug-likeness (QED) is 0.785. The second kappa shape index (κ2) is 7.79. The minimum atomic E-state index is 0.659. The summed E-state index contributed by atoms with van der Waals surface area (Å²) in [5.41, 5.74) is 3.53. The van der Waals surface area contributed by atoms with Crippen molar-refractivity contribution in [2.45, 2.75) is 59.9 Å². The minimum Gasteiger partial charge on any atom is -0.477 e. The van der Waals surface area contributed by atoms with Gasteiger partial charge in [-0.05, 0) is 50.3 Å². The van der Waals surface area contributed by atoms with Crippen molar-refractivity contribution < 1.29 is 4.74 Å². The van der Waals surface area contributed by atoms with Crippen LogP contribution < -0.4 is 10.1 Å². The standard InChI is InChI=1S/C18H30N2O/c1-13(2)11-19-12-17-14(3)10-15(4)20-18(17)21-9-8-16-6-5-7-16/h10,13,16,19H,5-9,11-12H2,1-4H3. The molecular formula is C18H30N2O. The fraction of sp³-hybridized carbons (Fsp3) is 0.722. The van der Waals surface area contributed by atoms with E-state index < -0.39 is 0 Å². The maximum atomic E-state index is 6.01.